The number of nitrogens with zero attached hydrogens (tertiary/aromatic N) is 2. The van der Waals surface area contributed by atoms with E-state index >= 15 is 0 Å². The monoisotopic (exact) mass is 436 g/mol. The van der Waals surface area contributed by atoms with Crippen molar-refractivity contribution in [3.63, 3.8) is 0 Å². The Labute approximate surface area is 193 Å². The van der Waals surface area contributed by atoms with E-state index in [9.17, 15) is 4.79 Å². The highest BCUT2D eigenvalue weighted by Crippen LogP contribution is 2.41. The topological polar surface area (TPSA) is 61.0 Å². The van der Waals surface area contributed by atoms with Crippen LogP contribution in [0.1, 0.15) is 45.8 Å². The van der Waals surface area contributed by atoms with Gasteiger partial charge in [-0.1, -0.05) is 18.2 Å². The van der Waals surface area contributed by atoms with Gasteiger partial charge in [0.1, 0.15) is 5.65 Å². The number of likely N-dealkylation sites (N-methyl/N-ethyl adjacent to an activating group) is 1. The van der Waals surface area contributed by atoms with Crippen LogP contribution in [0.4, 0.5) is 0 Å². The van der Waals surface area contributed by atoms with E-state index in [-0.39, 0.29) is 5.91 Å². The SMILES string of the molecule is CNC(=O)c1ccc(-c2c[nH]c3ncc(-c4cc5c6c(c4)CN(C)CC6CCC5)cc23)cc1. The van der Waals surface area contributed by atoms with Gasteiger partial charge < -0.3 is 15.2 Å². The number of amides is 1. The summed E-state index contributed by atoms with van der Waals surface area (Å²) in [5.41, 5.74) is 10.8. The zero-order chi connectivity index (χ0) is 22.5. The van der Waals surface area contributed by atoms with Gasteiger partial charge in [0.2, 0.25) is 0 Å². The molecule has 166 valence electrons. The molecule has 1 amide bonds. The third-order valence-corrected chi connectivity index (χ3v) is 7.28. The van der Waals surface area contributed by atoms with Gasteiger partial charge in [-0.25, -0.2) is 4.98 Å². The Morgan fingerprint density at radius 3 is 2.73 bits per heavy atom. The van der Waals surface area contributed by atoms with Crippen LogP contribution in [-0.4, -0.2) is 41.4 Å². The van der Waals surface area contributed by atoms with Crippen molar-refractivity contribution in [2.45, 2.75) is 31.7 Å². The summed E-state index contributed by atoms with van der Waals surface area (Å²) in [5, 5.41) is 3.77. The number of carbonyl (C=O) groups excluding carboxylic acids is 1. The molecular weight excluding hydrogens is 408 g/mol. The second kappa shape index (κ2) is 7.85. The lowest BCUT2D eigenvalue weighted by molar-refractivity contribution is 0.0963. The van der Waals surface area contributed by atoms with Crippen LogP contribution in [0, 0.1) is 0 Å². The van der Waals surface area contributed by atoms with E-state index in [2.05, 4.69) is 40.4 Å². The average Bonchev–Trinajstić information content (AvgIpc) is 3.26. The maximum absolute atomic E-state index is 11.9. The number of hydrogen-bond donors (Lipinski definition) is 2. The molecule has 0 spiro atoms. The first-order valence-electron chi connectivity index (χ1n) is 11.7. The number of aryl methyl sites for hydroxylation is 1. The van der Waals surface area contributed by atoms with Gasteiger partial charge in [0.25, 0.3) is 5.91 Å². The number of benzene rings is 2. The van der Waals surface area contributed by atoms with Crippen molar-refractivity contribution in [3.8, 4) is 22.3 Å². The highest BCUT2D eigenvalue weighted by Gasteiger charge is 2.29. The van der Waals surface area contributed by atoms with Gasteiger partial charge in [-0.05, 0) is 84.3 Å². The van der Waals surface area contributed by atoms with Crippen molar-refractivity contribution in [2.75, 3.05) is 20.6 Å². The minimum absolute atomic E-state index is 0.0753. The van der Waals surface area contributed by atoms with Crippen LogP contribution in [0.25, 0.3) is 33.3 Å². The molecule has 0 fully saturated rings. The smallest absolute Gasteiger partial charge is 0.251 e. The first kappa shape index (κ1) is 20.2. The van der Waals surface area contributed by atoms with Crippen molar-refractivity contribution in [3.05, 3.63) is 77.1 Å². The predicted molar refractivity (Wildman–Crippen MR) is 132 cm³/mol. The lowest BCUT2D eigenvalue weighted by Gasteiger charge is -2.37. The summed E-state index contributed by atoms with van der Waals surface area (Å²) in [6, 6.07) is 14.8. The minimum atomic E-state index is -0.0753. The van der Waals surface area contributed by atoms with Crippen molar-refractivity contribution in [1.82, 2.24) is 20.2 Å². The van der Waals surface area contributed by atoms with E-state index in [0.717, 1.165) is 34.3 Å². The van der Waals surface area contributed by atoms with E-state index in [4.69, 9.17) is 4.98 Å². The van der Waals surface area contributed by atoms with Crippen molar-refractivity contribution in [1.29, 1.82) is 0 Å². The van der Waals surface area contributed by atoms with Crippen molar-refractivity contribution < 1.29 is 4.79 Å². The van der Waals surface area contributed by atoms with Crippen molar-refractivity contribution in [2.24, 2.45) is 0 Å². The number of H-pyrrole nitrogens is 1. The molecule has 1 atom stereocenters. The molecule has 1 unspecified atom stereocenters. The van der Waals surface area contributed by atoms with E-state index in [1.54, 1.807) is 12.6 Å². The van der Waals surface area contributed by atoms with Crippen LogP contribution in [0.2, 0.25) is 0 Å². The molecule has 0 bridgehead atoms. The van der Waals surface area contributed by atoms with Gasteiger partial charge in [0, 0.05) is 54.6 Å². The molecule has 0 radical (unpaired) electrons. The van der Waals surface area contributed by atoms with Gasteiger partial charge in [0.15, 0.2) is 0 Å². The highest BCUT2D eigenvalue weighted by molar-refractivity contribution is 5.98. The van der Waals surface area contributed by atoms with Crippen LogP contribution >= 0.6 is 0 Å². The molecule has 2 aromatic carbocycles. The van der Waals surface area contributed by atoms with Gasteiger partial charge in [0.05, 0.1) is 0 Å². The van der Waals surface area contributed by atoms with E-state index in [1.165, 1.54) is 42.5 Å². The molecule has 3 heterocycles. The normalized spacial score (nSPS) is 17.7. The van der Waals surface area contributed by atoms with Gasteiger partial charge in [-0.3, -0.25) is 4.79 Å². The Kier molecular flexibility index (Phi) is 4.80. The fourth-order valence-electron chi connectivity index (χ4n) is 5.75. The summed E-state index contributed by atoms with van der Waals surface area (Å²) in [7, 11) is 3.88. The summed E-state index contributed by atoms with van der Waals surface area (Å²) in [6.45, 7) is 2.20. The lowest BCUT2D eigenvalue weighted by Crippen LogP contribution is -2.33. The fraction of sp³-hybridized carbons (Fsp3) is 0.286. The number of pyridine rings is 1. The van der Waals surface area contributed by atoms with E-state index in [0.29, 0.717) is 11.5 Å². The number of rotatable bonds is 3. The molecular formula is C28H28N4O. The number of nitrogens with one attached hydrogen (secondary N) is 2. The summed E-state index contributed by atoms with van der Waals surface area (Å²) in [4.78, 5) is 22.4. The molecule has 0 saturated heterocycles. The Morgan fingerprint density at radius 2 is 1.91 bits per heavy atom. The van der Waals surface area contributed by atoms with Gasteiger partial charge >= 0.3 is 0 Å². The Hall–Kier alpha value is -3.44. The lowest BCUT2D eigenvalue weighted by atomic mass is 9.76. The molecule has 0 saturated carbocycles. The Bertz CT molecular complexity index is 1370. The molecule has 1 aliphatic heterocycles. The number of aromatic nitrogens is 2. The Balaban J connectivity index is 1.42. The average molecular weight is 437 g/mol. The predicted octanol–water partition coefficient (Wildman–Crippen LogP) is 5.12. The zero-order valence-corrected chi connectivity index (χ0v) is 19.1. The van der Waals surface area contributed by atoms with E-state index in [1.807, 2.05) is 36.7 Å². The van der Waals surface area contributed by atoms with Crippen molar-refractivity contribution >= 4 is 16.9 Å². The molecule has 6 rings (SSSR count). The third kappa shape index (κ3) is 3.44. The molecule has 2 aliphatic rings. The zero-order valence-electron chi connectivity index (χ0n) is 19.1. The van der Waals surface area contributed by atoms with Crippen LogP contribution in [-0.2, 0) is 13.0 Å². The standard InChI is InChI=1S/C28H28N4O/c1-29-28(33)18-8-6-17(7-9-18)25-14-31-27-24(25)12-22(13-30-27)21-10-19-4-3-5-20-15-32(2)16-23(11-21)26(19)20/h6-14,20H,3-5,15-16H2,1-2H3,(H,29,33)(H,30,31). The second-order valence-electron chi connectivity index (χ2n) is 9.47. The van der Waals surface area contributed by atoms with Crippen LogP contribution < -0.4 is 5.32 Å². The summed E-state index contributed by atoms with van der Waals surface area (Å²) >= 11 is 0. The quantitative estimate of drug-likeness (QED) is 0.469. The first-order valence-corrected chi connectivity index (χ1v) is 11.7. The maximum atomic E-state index is 11.9. The van der Waals surface area contributed by atoms with Gasteiger partial charge in [-0.15, -0.1) is 0 Å². The number of fused-ring (bicyclic) bond motifs is 1. The first-order chi connectivity index (χ1) is 16.1. The molecule has 4 aromatic rings. The van der Waals surface area contributed by atoms with E-state index < -0.39 is 0 Å². The Morgan fingerprint density at radius 1 is 1.09 bits per heavy atom. The molecule has 5 nitrogen and oxygen atoms in total. The summed E-state index contributed by atoms with van der Waals surface area (Å²) < 4.78 is 0. The van der Waals surface area contributed by atoms with Gasteiger partial charge in [-0.2, -0.15) is 0 Å². The van der Waals surface area contributed by atoms with Crippen LogP contribution in [0.5, 0.6) is 0 Å². The minimum Gasteiger partial charge on any atom is -0.355 e. The molecule has 1 aliphatic carbocycles. The molecule has 5 heteroatoms. The highest BCUT2D eigenvalue weighted by atomic mass is 16.1. The summed E-state index contributed by atoms with van der Waals surface area (Å²) in [6.07, 6.45) is 7.76. The number of aromatic amines is 1. The molecule has 2 N–H and O–H groups in total. The fourth-order valence-corrected chi connectivity index (χ4v) is 5.75. The second-order valence-corrected chi connectivity index (χ2v) is 9.47. The van der Waals surface area contributed by atoms with Crippen LogP contribution in [0.3, 0.4) is 0 Å². The third-order valence-electron chi connectivity index (χ3n) is 7.28. The molecule has 33 heavy (non-hydrogen) atoms. The van der Waals surface area contributed by atoms with Crippen LogP contribution in [0.15, 0.2) is 54.9 Å². The largest absolute Gasteiger partial charge is 0.355 e. The molecule has 2 aromatic heterocycles. The summed E-state index contributed by atoms with van der Waals surface area (Å²) in [5.74, 6) is 0.611. The number of hydrogen-bond acceptors (Lipinski definition) is 3. The maximum Gasteiger partial charge on any atom is 0.251 e. The number of carbonyl (C=O) groups is 1.